The van der Waals surface area contributed by atoms with E-state index in [0.717, 1.165) is 33.0 Å². The first-order chi connectivity index (χ1) is 13.8. The van der Waals surface area contributed by atoms with Crippen molar-refractivity contribution in [2.75, 3.05) is 0 Å². The van der Waals surface area contributed by atoms with Crippen LogP contribution in [-0.2, 0) is 0 Å². The van der Waals surface area contributed by atoms with E-state index in [4.69, 9.17) is 0 Å². The maximum atomic E-state index is 13.6. The predicted octanol–water partition coefficient (Wildman–Crippen LogP) is 6.95. The van der Waals surface area contributed by atoms with Gasteiger partial charge in [0.05, 0.1) is 5.25 Å². The number of carbonyl (C=O) groups excluding carboxylic acids is 1. The van der Waals surface area contributed by atoms with Gasteiger partial charge in [-0.2, -0.15) is 0 Å². The standard InChI is InChI=1S/C26H18OS/c27-25(22-15-14-18-8-4-5-11-20(18)16-22)23-17-21-12-6-7-13-24(21)28-26(23)19-9-2-1-3-10-19/h1-17,26H. The maximum Gasteiger partial charge on any atom is 0.190 e. The maximum absolute atomic E-state index is 13.6. The van der Waals surface area contributed by atoms with Crippen LogP contribution in [0.15, 0.2) is 108 Å². The number of ketones is 1. The van der Waals surface area contributed by atoms with E-state index in [1.165, 1.54) is 4.90 Å². The third kappa shape index (κ3) is 3.06. The molecule has 0 saturated carbocycles. The Bertz CT molecular complexity index is 1210. The van der Waals surface area contributed by atoms with Crippen molar-refractivity contribution in [3.63, 3.8) is 0 Å². The van der Waals surface area contributed by atoms with Crippen LogP contribution in [0.3, 0.4) is 0 Å². The van der Waals surface area contributed by atoms with Crippen molar-refractivity contribution in [1.29, 1.82) is 0 Å². The second-order valence-electron chi connectivity index (χ2n) is 6.94. The quantitative estimate of drug-likeness (QED) is 0.359. The van der Waals surface area contributed by atoms with Crippen molar-refractivity contribution in [1.82, 2.24) is 0 Å². The van der Waals surface area contributed by atoms with Gasteiger partial charge in [0.2, 0.25) is 0 Å². The number of benzene rings is 4. The number of fused-ring (bicyclic) bond motifs is 2. The molecule has 0 N–H and O–H groups in total. The highest BCUT2D eigenvalue weighted by Crippen LogP contribution is 2.47. The first-order valence-corrected chi connectivity index (χ1v) is 10.2. The zero-order valence-corrected chi connectivity index (χ0v) is 16.0. The van der Waals surface area contributed by atoms with Gasteiger partial charge in [-0.05, 0) is 40.1 Å². The average molecular weight is 378 g/mol. The fraction of sp³-hybridized carbons (Fsp3) is 0.0385. The van der Waals surface area contributed by atoms with Crippen LogP contribution in [0.4, 0.5) is 0 Å². The summed E-state index contributed by atoms with van der Waals surface area (Å²) in [5, 5.41) is 2.24. The SMILES string of the molecule is O=C(C1=Cc2ccccc2SC1c1ccccc1)c1ccc2ccccc2c1. The zero-order valence-electron chi connectivity index (χ0n) is 15.2. The normalized spacial score (nSPS) is 15.7. The largest absolute Gasteiger partial charge is 0.289 e. The summed E-state index contributed by atoms with van der Waals surface area (Å²) in [6, 6.07) is 32.7. The Morgan fingerprint density at radius 3 is 2.29 bits per heavy atom. The van der Waals surface area contributed by atoms with Crippen LogP contribution in [0.2, 0.25) is 0 Å². The van der Waals surface area contributed by atoms with Crippen molar-refractivity contribution < 1.29 is 4.79 Å². The molecule has 0 fully saturated rings. The summed E-state index contributed by atoms with van der Waals surface area (Å²) in [7, 11) is 0. The van der Waals surface area contributed by atoms with E-state index in [-0.39, 0.29) is 11.0 Å². The monoisotopic (exact) mass is 378 g/mol. The highest BCUT2D eigenvalue weighted by Gasteiger charge is 2.28. The lowest BCUT2D eigenvalue weighted by molar-refractivity contribution is 0.103. The van der Waals surface area contributed by atoms with E-state index in [2.05, 4.69) is 48.5 Å². The fourth-order valence-corrected chi connectivity index (χ4v) is 4.97. The minimum Gasteiger partial charge on any atom is -0.289 e. The highest BCUT2D eigenvalue weighted by atomic mass is 32.2. The van der Waals surface area contributed by atoms with E-state index in [1.54, 1.807) is 11.8 Å². The van der Waals surface area contributed by atoms with Gasteiger partial charge in [0.15, 0.2) is 5.78 Å². The summed E-state index contributed by atoms with van der Waals surface area (Å²) in [6.45, 7) is 0. The van der Waals surface area contributed by atoms with Crippen LogP contribution in [-0.4, -0.2) is 5.78 Å². The minimum atomic E-state index is -0.00456. The lowest BCUT2D eigenvalue weighted by Gasteiger charge is -2.25. The first-order valence-electron chi connectivity index (χ1n) is 9.35. The van der Waals surface area contributed by atoms with E-state index < -0.39 is 0 Å². The van der Waals surface area contributed by atoms with Gasteiger partial charge in [-0.25, -0.2) is 0 Å². The third-order valence-electron chi connectivity index (χ3n) is 5.13. The fourth-order valence-electron chi connectivity index (χ4n) is 3.70. The van der Waals surface area contributed by atoms with Gasteiger partial charge in [-0.15, -0.1) is 11.8 Å². The predicted molar refractivity (Wildman–Crippen MR) is 118 cm³/mol. The molecule has 1 aliphatic rings. The Hall–Kier alpha value is -3.10. The van der Waals surface area contributed by atoms with Crippen molar-refractivity contribution in [2.24, 2.45) is 0 Å². The Balaban J connectivity index is 1.63. The molecule has 0 radical (unpaired) electrons. The lowest BCUT2D eigenvalue weighted by Crippen LogP contribution is -2.13. The molecule has 5 rings (SSSR count). The molecule has 28 heavy (non-hydrogen) atoms. The summed E-state index contributed by atoms with van der Waals surface area (Å²) in [5.74, 6) is 0.0987. The Morgan fingerprint density at radius 2 is 1.43 bits per heavy atom. The van der Waals surface area contributed by atoms with Crippen LogP contribution in [0, 0.1) is 0 Å². The number of carbonyl (C=O) groups is 1. The molecule has 1 aliphatic heterocycles. The van der Waals surface area contributed by atoms with E-state index in [9.17, 15) is 4.79 Å². The molecular formula is C26H18OS. The van der Waals surface area contributed by atoms with Gasteiger partial charge in [0, 0.05) is 16.0 Å². The molecule has 1 atom stereocenters. The van der Waals surface area contributed by atoms with Crippen LogP contribution in [0.1, 0.15) is 26.7 Å². The van der Waals surface area contributed by atoms with Crippen LogP contribution in [0.25, 0.3) is 16.8 Å². The summed E-state index contributed by atoms with van der Waals surface area (Å²) in [4.78, 5) is 14.8. The van der Waals surface area contributed by atoms with Crippen LogP contribution in [0.5, 0.6) is 0 Å². The van der Waals surface area contributed by atoms with Crippen molar-refractivity contribution in [3.8, 4) is 0 Å². The van der Waals surface area contributed by atoms with Crippen LogP contribution >= 0.6 is 11.8 Å². The molecule has 2 heteroatoms. The van der Waals surface area contributed by atoms with Gasteiger partial charge >= 0.3 is 0 Å². The van der Waals surface area contributed by atoms with E-state index in [0.29, 0.717) is 0 Å². The molecule has 0 aliphatic carbocycles. The summed E-state index contributed by atoms with van der Waals surface area (Å²) < 4.78 is 0. The second kappa shape index (κ2) is 7.14. The van der Waals surface area contributed by atoms with Crippen molar-refractivity contribution >= 4 is 34.4 Å². The number of hydrogen-bond donors (Lipinski definition) is 0. The molecule has 1 nitrogen and oxygen atoms in total. The summed E-state index contributed by atoms with van der Waals surface area (Å²) in [6.07, 6.45) is 2.07. The molecule has 0 aromatic heterocycles. The molecule has 0 bridgehead atoms. The molecule has 0 spiro atoms. The molecular weight excluding hydrogens is 360 g/mol. The molecule has 0 amide bonds. The number of hydrogen-bond acceptors (Lipinski definition) is 2. The number of thioether (sulfide) groups is 1. The summed E-state index contributed by atoms with van der Waals surface area (Å²) in [5.41, 5.74) is 3.85. The first kappa shape index (κ1) is 17.0. The Kier molecular flexibility index (Phi) is 4.34. The second-order valence-corrected chi connectivity index (χ2v) is 8.08. The Morgan fingerprint density at radius 1 is 0.714 bits per heavy atom. The minimum absolute atomic E-state index is 0.00456. The van der Waals surface area contributed by atoms with Crippen molar-refractivity contribution in [2.45, 2.75) is 10.1 Å². The molecule has 1 unspecified atom stereocenters. The van der Waals surface area contributed by atoms with Gasteiger partial charge in [0.25, 0.3) is 0 Å². The zero-order chi connectivity index (χ0) is 18.9. The smallest absolute Gasteiger partial charge is 0.190 e. The average Bonchev–Trinajstić information content (AvgIpc) is 2.78. The van der Waals surface area contributed by atoms with Crippen LogP contribution < -0.4 is 0 Å². The number of Topliss-reactive ketones (excluding diaryl/α,β-unsaturated/α-hetero) is 1. The van der Waals surface area contributed by atoms with Gasteiger partial charge in [-0.1, -0.05) is 84.9 Å². The molecule has 134 valence electrons. The van der Waals surface area contributed by atoms with E-state index >= 15 is 0 Å². The highest BCUT2D eigenvalue weighted by molar-refractivity contribution is 8.00. The Labute approximate surface area is 168 Å². The van der Waals surface area contributed by atoms with Gasteiger partial charge in [-0.3, -0.25) is 4.79 Å². The topological polar surface area (TPSA) is 17.1 Å². The van der Waals surface area contributed by atoms with Crippen molar-refractivity contribution in [3.05, 3.63) is 119 Å². The third-order valence-corrected chi connectivity index (χ3v) is 6.52. The molecule has 0 saturated heterocycles. The van der Waals surface area contributed by atoms with Gasteiger partial charge < -0.3 is 0 Å². The number of rotatable bonds is 3. The molecule has 4 aromatic rings. The lowest BCUT2D eigenvalue weighted by atomic mass is 9.93. The molecule has 1 heterocycles. The van der Waals surface area contributed by atoms with Gasteiger partial charge in [0.1, 0.15) is 0 Å². The summed E-state index contributed by atoms with van der Waals surface area (Å²) >= 11 is 1.76. The van der Waals surface area contributed by atoms with E-state index in [1.807, 2.05) is 54.6 Å². The molecule has 4 aromatic carbocycles.